The van der Waals surface area contributed by atoms with Gasteiger partial charge in [-0.2, -0.15) is 0 Å². The van der Waals surface area contributed by atoms with Crippen LogP contribution >= 0.6 is 0 Å². The molecule has 1 atom stereocenters. The minimum absolute atomic E-state index is 0.0496. The summed E-state index contributed by atoms with van der Waals surface area (Å²) < 4.78 is 2.12. The number of nitrogens with zero attached hydrogens (tertiary/aromatic N) is 1. The van der Waals surface area contributed by atoms with Crippen LogP contribution in [0.25, 0.3) is 10.9 Å². The summed E-state index contributed by atoms with van der Waals surface area (Å²) in [6.07, 6.45) is 4.79. The largest absolute Gasteiger partial charge is 0.350 e. The van der Waals surface area contributed by atoms with Gasteiger partial charge in [0.1, 0.15) is 0 Å². The number of aromatic nitrogens is 1. The molecule has 0 fully saturated rings. The number of hydrogen-bond acceptors (Lipinski definition) is 1. The smallest absolute Gasteiger partial charge is 0.0481 e. The molecule has 15 heavy (non-hydrogen) atoms. The van der Waals surface area contributed by atoms with Crippen LogP contribution < -0.4 is 5.73 Å². The average Bonchev–Trinajstić information content (AvgIpc) is 2.58. The Kier molecular flexibility index (Phi) is 2.60. The zero-order valence-electron chi connectivity index (χ0n) is 8.98. The molecule has 0 aliphatic heterocycles. The molecular weight excluding hydrogens is 184 g/mol. The van der Waals surface area contributed by atoms with Crippen LogP contribution in [0.3, 0.4) is 0 Å². The standard InChI is InChI=1S/C13H16N2/c1-3-6-12(14)11-9-15(2)13-8-5-4-7-10(11)13/h3-5,7-9,12H,1,6,14H2,2H3. The van der Waals surface area contributed by atoms with E-state index in [1.807, 2.05) is 25.3 Å². The topological polar surface area (TPSA) is 30.9 Å². The first-order valence-electron chi connectivity index (χ1n) is 5.14. The van der Waals surface area contributed by atoms with E-state index in [2.05, 4.69) is 29.5 Å². The van der Waals surface area contributed by atoms with Crippen molar-refractivity contribution in [1.82, 2.24) is 4.57 Å². The first kappa shape index (κ1) is 9.99. The molecule has 0 saturated heterocycles. The molecule has 2 aromatic rings. The second-order valence-electron chi connectivity index (χ2n) is 3.84. The van der Waals surface area contributed by atoms with E-state index >= 15 is 0 Å². The quantitative estimate of drug-likeness (QED) is 0.759. The van der Waals surface area contributed by atoms with Crippen molar-refractivity contribution in [1.29, 1.82) is 0 Å². The van der Waals surface area contributed by atoms with Gasteiger partial charge in [0.2, 0.25) is 0 Å². The van der Waals surface area contributed by atoms with Gasteiger partial charge >= 0.3 is 0 Å². The van der Waals surface area contributed by atoms with Gasteiger partial charge in [-0.3, -0.25) is 0 Å². The van der Waals surface area contributed by atoms with Crippen LogP contribution in [-0.2, 0) is 7.05 Å². The van der Waals surface area contributed by atoms with Crippen LogP contribution in [0.15, 0.2) is 43.1 Å². The molecule has 0 aliphatic carbocycles. The number of para-hydroxylation sites is 1. The Morgan fingerprint density at radius 2 is 2.20 bits per heavy atom. The van der Waals surface area contributed by atoms with Crippen molar-refractivity contribution in [3.63, 3.8) is 0 Å². The molecule has 2 N–H and O–H groups in total. The molecule has 2 rings (SSSR count). The van der Waals surface area contributed by atoms with E-state index in [1.54, 1.807) is 0 Å². The van der Waals surface area contributed by atoms with E-state index in [0.29, 0.717) is 0 Å². The molecule has 0 amide bonds. The average molecular weight is 200 g/mol. The highest BCUT2D eigenvalue weighted by Gasteiger charge is 2.11. The number of nitrogens with two attached hydrogens (primary N) is 1. The lowest BCUT2D eigenvalue weighted by Gasteiger charge is -2.06. The predicted molar refractivity (Wildman–Crippen MR) is 64.7 cm³/mol. The summed E-state index contributed by atoms with van der Waals surface area (Å²) >= 11 is 0. The molecule has 78 valence electrons. The van der Waals surface area contributed by atoms with Crippen molar-refractivity contribution in [3.05, 3.63) is 48.7 Å². The second-order valence-corrected chi connectivity index (χ2v) is 3.84. The second kappa shape index (κ2) is 3.91. The number of aryl methyl sites for hydroxylation is 1. The minimum Gasteiger partial charge on any atom is -0.350 e. The minimum atomic E-state index is 0.0496. The molecular formula is C13H16N2. The monoisotopic (exact) mass is 200 g/mol. The Labute approximate surface area is 90.0 Å². The Balaban J connectivity index is 2.56. The fourth-order valence-corrected chi connectivity index (χ4v) is 1.98. The molecule has 0 saturated carbocycles. The SMILES string of the molecule is C=CCC(N)c1cn(C)c2ccccc12. The summed E-state index contributed by atoms with van der Waals surface area (Å²) in [7, 11) is 2.05. The molecule has 1 aromatic carbocycles. The summed E-state index contributed by atoms with van der Waals surface area (Å²) in [5, 5.41) is 1.24. The molecule has 1 unspecified atom stereocenters. The van der Waals surface area contributed by atoms with E-state index in [1.165, 1.54) is 16.5 Å². The van der Waals surface area contributed by atoms with E-state index in [9.17, 15) is 0 Å². The summed E-state index contributed by atoms with van der Waals surface area (Å²) in [5.74, 6) is 0. The molecule has 1 heterocycles. The van der Waals surface area contributed by atoms with Crippen molar-refractivity contribution in [2.24, 2.45) is 12.8 Å². The molecule has 0 aliphatic rings. The van der Waals surface area contributed by atoms with E-state index < -0.39 is 0 Å². The van der Waals surface area contributed by atoms with Crippen LogP contribution in [0.5, 0.6) is 0 Å². The van der Waals surface area contributed by atoms with Gasteiger partial charge in [-0.1, -0.05) is 24.3 Å². The lowest BCUT2D eigenvalue weighted by Crippen LogP contribution is -2.08. The van der Waals surface area contributed by atoms with Crippen molar-refractivity contribution in [2.75, 3.05) is 0 Å². The van der Waals surface area contributed by atoms with Gasteiger partial charge in [0.15, 0.2) is 0 Å². The van der Waals surface area contributed by atoms with Crippen LogP contribution in [-0.4, -0.2) is 4.57 Å². The third-order valence-corrected chi connectivity index (χ3v) is 2.75. The van der Waals surface area contributed by atoms with Crippen LogP contribution in [0.2, 0.25) is 0 Å². The van der Waals surface area contributed by atoms with Crippen LogP contribution in [0, 0.1) is 0 Å². The molecule has 0 bridgehead atoms. The lowest BCUT2D eigenvalue weighted by molar-refractivity contribution is 0.742. The number of hydrogen-bond donors (Lipinski definition) is 1. The van der Waals surface area contributed by atoms with Crippen molar-refractivity contribution < 1.29 is 0 Å². The molecule has 0 radical (unpaired) electrons. The van der Waals surface area contributed by atoms with Crippen molar-refractivity contribution >= 4 is 10.9 Å². The van der Waals surface area contributed by atoms with Crippen LogP contribution in [0.1, 0.15) is 18.0 Å². The van der Waals surface area contributed by atoms with Gasteiger partial charge in [-0.05, 0) is 18.1 Å². The maximum absolute atomic E-state index is 6.10. The first-order valence-corrected chi connectivity index (χ1v) is 5.14. The Bertz CT molecular complexity index is 482. The van der Waals surface area contributed by atoms with Crippen LogP contribution in [0.4, 0.5) is 0 Å². The van der Waals surface area contributed by atoms with Gasteiger partial charge in [0.05, 0.1) is 0 Å². The lowest BCUT2D eigenvalue weighted by atomic mass is 10.0. The maximum atomic E-state index is 6.10. The van der Waals surface area contributed by atoms with Gasteiger partial charge in [-0.15, -0.1) is 6.58 Å². The number of benzene rings is 1. The molecule has 1 aromatic heterocycles. The Morgan fingerprint density at radius 3 is 2.93 bits per heavy atom. The van der Waals surface area contributed by atoms with Crippen molar-refractivity contribution in [3.8, 4) is 0 Å². The molecule has 2 nitrogen and oxygen atoms in total. The summed E-state index contributed by atoms with van der Waals surface area (Å²) in [4.78, 5) is 0. The van der Waals surface area contributed by atoms with Gasteiger partial charge in [-0.25, -0.2) is 0 Å². The zero-order chi connectivity index (χ0) is 10.8. The maximum Gasteiger partial charge on any atom is 0.0481 e. The fourth-order valence-electron chi connectivity index (χ4n) is 1.98. The summed E-state index contributed by atoms with van der Waals surface area (Å²) in [5.41, 5.74) is 8.53. The van der Waals surface area contributed by atoms with Gasteiger partial charge in [0, 0.05) is 30.2 Å². The first-order chi connectivity index (χ1) is 7.24. The fraction of sp³-hybridized carbons (Fsp3) is 0.231. The number of rotatable bonds is 3. The normalized spacial score (nSPS) is 12.9. The summed E-state index contributed by atoms with van der Waals surface area (Å²) in [6, 6.07) is 8.37. The predicted octanol–water partition coefficient (Wildman–Crippen LogP) is 2.75. The number of fused-ring (bicyclic) bond motifs is 1. The Hall–Kier alpha value is -1.54. The summed E-state index contributed by atoms with van der Waals surface area (Å²) in [6.45, 7) is 3.73. The third-order valence-electron chi connectivity index (χ3n) is 2.75. The van der Waals surface area contributed by atoms with E-state index in [4.69, 9.17) is 5.73 Å². The van der Waals surface area contributed by atoms with Gasteiger partial charge in [0.25, 0.3) is 0 Å². The highest BCUT2D eigenvalue weighted by atomic mass is 14.9. The molecule has 0 spiro atoms. The third kappa shape index (κ3) is 1.68. The zero-order valence-corrected chi connectivity index (χ0v) is 8.98. The molecule has 2 heteroatoms. The van der Waals surface area contributed by atoms with Gasteiger partial charge < -0.3 is 10.3 Å². The van der Waals surface area contributed by atoms with E-state index in [0.717, 1.165) is 6.42 Å². The van der Waals surface area contributed by atoms with E-state index in [-0.39, 0.29) is 6.04 Å². The highest BCUT2D eigenvalue weighted by Crippen LogP contribution is 2.26. The van der Waals surface area contributed by atoms with Crippen molar-refractivity contribution in [2.45, 2.75) is 12.5 Å². The Morgan fingerprint density at radius 1 is 1.47 bits per heavy atom. The highest BCUT2D eigenvalue weighted by molar-refractivity contribution is 5.84.